The van der Waals surface area contributed by atoms with Crippen LogP contribution >= 0.6 is 0 Å². The molecule has 1 amide bonds. The van der Waals surface area contributed by atoms with Gasteiger partial charge in [-0.2, -0.15) is 9.41 Å². The van der Waals surface area contributed by atoms with Gasteiger partial charge in [0.05, 0.1) is 24.8 Å². The summed E-state index contributed by atoms with van der Waals surface area (Å²) in [5, 5.41) is 3.99. The smallest absolute Gasteiger partial charge is 0.255 e. The number of hydrazone groups is 1. The molecule has 0 radical (unpaired) electrons. The minimum Gasteiger partial charge on any atom is -0.496 e. The van der Waals surface area contributed by atoms with Crippen molar-refractivity contribution in [1.82, 2.24) is 9.73 Å². The zero-order valence-corrected chi connectivity index (χ0v) is 18.8. The van der Waals surface area contributed by atoms with Gasteiger partial charge in [-0.15, -0.1) is 0 Å². The number of methoxy groups -OCH3 is 1. The average molecular weight is 444 g/mol. The van der Waals surface area contributed by atoms with E-state index in [4.69, 9.17) is 4.74 Å². The van der Waals surface area contributed by atoms with Crippen LogP contribution in [0, 0.1) is 6.92 Å². The molecule has 2 aromatic rings. The zero-order chi connectivity index (χ0) is 22.3. The number of carbonyl (C=O) groups excluding carboxylic acids is 1. The Morgan fingerprint density at radius 1 is 1.13 bits per heavy atom. The van der Waals surface area contributed by atoms with Crippen LogP contribution in [-0.4, -0.2) is 44.5 Å². The first-order valence-electron chi connectivity index (χ1n) is 10.5. The molecule has 1 saturated carbocycles. The highest BCUT2D eigenvalue weighted by atomic mass is 32.2. The molecule has 1 aliphatic rings. The summed E-state index contributed by atoms with van der Waals surface area (Å²) in [5.74, 6) is 0.152. The van der Waals surface area contributed by atoms with Gasteiger partial charge < -0.3 is 4.74 Å². The van der Waals surface area contributed by atoms with Gasteiger partial charge >= 0.3 is 0 Å². The molecule has 0 spiro atoms. The highest BCUT2D eigenvalue weighted by Gasteiger charge is 2.33. The van der Waals surface area contributed by atoms with Crippen molar-refractivity contribution >= 4 is 22.1 Å². The Balaban J connectivity index is 1.76. The molecule has 0 aliphatic heterocycles. The number of sulfonamides is 1. The van der Waals surface area contributed by atoms with Crippen LogP contribution in [0.1, 0.15) is 43.2 Å². The maximum absolute atomic E-state index is 13.3. The number of benzene rings is 2. The van der Waals surface area contributed by atoms with Crippen LogP contribution in [0.3, 0.4) is 0 Å². The number of para-hydroxylation sites is 1. The van der Waals surface area contributed by atoms with Gasteiger partial charge in [-0.25, -0.2) is 13.8 Å². The minimum atomic E-state index is -3.80. The van der Waals surface area contributed by atoms with E-state index >= 15 is 0 Å². The fourth-order valence-electron chi connectivity index (χ4n) is 3.75. The molecule has 31 heavy (non-hydrogen) atoms. The van der Waals surface area contributed by atoms with Crippen molar-refractivity contribution in [2.24, 2.45) is 5.10 Å². The maximum atomic E-state index is 13.3. The molecule has 8 heteroatoms. The normalized spacial score (nSPS) is 15.3. The third-order valence-corrected chi connectivity index (χ3v) is 7.35. The summed E-state index contributed by atoms with van der Waals surface area (Å²) in [6.45, 7) is 1.63. The number of nitrogens with zero attached hydrogens (tertiary/aromatic N) is 2. The van der Waals surface area contributed by atoms with Crippen molar-refractivity contribution < 1.29 is 17.9 Å². The first kappa shape index (κ1) is 23.0. The van der Waals surface area contributed by atoms with Crippen molar-refractivity contribution in [3.8, 4) is 5.75 Å². The Bertz CT molecular complexity index is 1010. The lowest BCUT2D eigenvalue weighted by atomic mass is 9.95. The van der Waals surface area contributed by atoms with E-state index in [2.05, 4.69) is 10.5 Å². The Labute approximate surface area is 184 Å². The van der Waals surface area contributed by atoms with E-state index in [1.54, 1.807) is 37.4 Å². The van der Waals surface area contributed by atoms with Gasteiger partial charge in [0, 0.05) is 11.6 Å². The van der Waals surface area contributed by atoms with Crippen molar-refractivity contribution in [2.75, 3.05) is 13.7 Å². The molecular weight excluding hydrogens is 414 g/mol. The molecular formula is C23H29N3O4S. The number of nitrogens with one attached hydrogen (secondary N) is 1. The fraction of sp³-hybridized carbons (Fsp3) is 0.391. The van der Waals surface area contributed by atoms with Crippen LogP contribution in [0.15, 0.2) is 58.5 Å². The third kappa shape index (κ3) is 5.92. The van der Waals surface area contributed by atoms with E-state index in [0.29, 0.717) is 11.3 Å². The first-order chi connectivity index (χ1) is 14.9. The lowest BCUT2D eigenvalue weighted by Gasteiger charge is -2.32. The summed E-state index contributed by atoms with van der Waals surface area (Å²) in [4.78, 5) is 12.8. The van der Waals surface area contributed by atoms with Crippen molar-refractivity contribution in [2.45, 2.75) is 50.0 Å². The predicted octanol–water partition coefficient (Wildman–Crippen LogP) is 3.48. The second-order valence-corrected chi connectivity index (χ2v) is 9.58. The highest BCUT2D eigenvalue weighted by molar-refractivity contribution is 7.89. The molecule has 2 aromatic carbocycles. The van der Waals surface area contributed by atoms with E-state index in [1.165, 1.54) is 10.5 Å². The van der Waals surface area contributed by atoms with Gasteiger partial charge in [-0.1, -0.05) is 49.1 Å². The van der Waals surface area contributed by atoms with Crippen LogP contribution in [0.2, 0.25) is 0 Å². The maximum Gasteiger partial charge on any atom is 0.255 e. The van der Waals surface area contributed by atoms with Crippen LogP contribution in [-0.2, 0) is 14.8 Å². The quantitative estimate of drug-likeness (QED) is 0.500. The molecule has 1 aliphatic carbocycles. The van der Waals surface area contributed by atoms with E-state index in [1.807, 2.05) is 25.1 Å². The third-order valence-electron chi connectivity index (χ3n) is 5.44. The molecule has 3 rings (SSSR count). The lowest BCUT2D eigenvalue weighted by Crippen LogP contribution is -2.46. The van der Waals surface area contributed by atoms with Gasteiger partial charge in [0.15, 0.2) is 0 Å². The number of carbonyl (C=O) groups is 1. The molecule has 0 unspecified atom stereocenters. The number of ether oxygens (including phenoxy) is 1. The summed E-state index contributed by atoms with van der Waals surface area (Å²) in [6.07, 6.45) is 5.99. The molecule has 0 saturated heterocycles. The molecule has 7 nitrogen and oxygen atoms in total. The lowest BCUT2D eigenvalue weighted by molar-refractivity contribution is -0.121. The number of aryl methyl sites for hydroxylation is 1. The minimum absolute atomic E-state index is 0.191. The average Bonchev–Trinajstić information content (AvgIpc) is 2.78. The van der Waals surface area contributed by atoms with Crippen molar-refractivity contribution in [3.63, 3.8) is 0 Å². The standard InChI is InChI=1S/C23H29N3O4S/c1-18-12-14-21(15-13-18)31(28,29)26(20-9-4-3-5-10-20)17-23(27)25-24-16-19-8-6-7-11-22(19)30-2/h6-8,11-16,20H,3-5,9-10,17H2,1-2H3,(H,25,27)/b24-16+. The monoisotopic (exact) mass is 443 g/mol. The Hall–Kier alpha value is -2.71. The van der Waals surface area contributed by atoms with E-state index in [9.17, 15) is 13.2 Å². The first-order valence-corrected chi connectivity index (χ1v) is 11.9. The van der Waals surface area contributed by atoms with Crippen LogP contribution < -0.4 is 10.2 Å². The van der Waals surface area contributed by atoms with Crippen molar-refractivity contribution in [1.29, 1.82) is 0 Å². The van der Waals surface area contributed by atoms with Crippen LogP contribution in [0.4, 0.5) is 0 Å². The predicted molar refractivity (Wildman–Crippen MR) is 121 cm³/mol. The Morgan fingerprint density at radius 2 is 1.81 bits per heavy atom. The number of hydrogen-bond acceptors (Lipinski definition) is 5. The summed E-state index contributed by atoms with van der Waals surface area (Å²) in [6, 6.07) is 13.8. The molecule has 0 heterocycles. The number of amides is 1. The summed E-state index contributed by atoms with van der Waals surface area (Å²) in [7, 11) is -2.24. The highest BCUT2D eigenvalue weighted by Crippen LogP contribution is 2.27. The largest absolute Gasteiger partial charge is 0.496 e. The SMILES string of the molecule is COc1ccccc1/C=N/NC(=O)CN(C1CCCCC1)S(=O)(=O)c1ccc(C)cc1. The summed E-state index contributed by atoms with van der Waals surface area (Å²) < 4.78 is 33.3. The molecule has 0 bridgehead atoms. The second kappa shape index (κ2) is 10.5. The van der Waals surface area contributed by atoms with Crippen molar-refractivity contribution in [3.05, 3.63) is 59.7 Å². The van der Waals surface area contributed by atoms with Gasteiger partial charge in [-0.3, -0.25) is 4.79 Å². The molecule has 0 aromatic heterocycles. The fourth-order valence-corrected chi connectivity index (χ4v) is 5.39. The van der Waals surface area contributed by atoms with Gasteiger partial charge in [0.2, 0.25) is 10.0 Å². The Kier molecular flexibility index (Phi) is 7.81. The van der Waals surface area contributed by atoms with Gasteiger partial charge in [-0.05, 0) is 44.0 Å². The molecule has 166 valence electrons. The second-order valence-electron chi connectivity index (χ2n) is 7.69. The number of rotatable bonds is 8. The number of hydrogen-bond donors (Lipinski definition) is 1. The zero-order valence-electron chi connectivity index (χ0n) is 18.0. The van der Waals surface area contributed by atoms with Gasteiger partial charge in [0.1, 0.15) is 5.75 Å². The van der Waals surface area contributed by atoms with E-state index < -0.39 is 15.9 Å². The van der Waals surface area contributed by atoms with E-state index in [0.717, 1.165) is 37.7 Å². The topological polar surface area (TPSA) is 88.1 Å². The van der Waals surface area contributed by atoms with E-state index in [-0.39, 0.29) is 17.5 Å². The summed E-state index contributed by atoms with van der Waals surface area (Å²) >= 11 is 0. The van der Waals surface area contributed by atoms with Crippen LogP contribution in [0.25, 0.3) is 0 Å². The van der Waals surface area contributed by atoms with Crippen LogP contribution in [0.5, 0.6) is 5.75 Å². The Morgan fingerprint density at radius 3 is 2.48 bits per heavy atom. The molecule has 1 N–H and O–H groups in total. The summed E-state index contributed by atoms with van der Waals surface area (Å²) in [5.41, 5.74) is 4.14. The molecule has 1 fully saturated rings. The van der Waals surface area contributed by atoms with Gasteiger partial charge in [0.25, 0.3) is 5.91 Å². The molecule has 0 atom stereocenters.